The minimum absolute atomic E-state index is 0.147. The van der Waals surface area contributed by atoms with Gasteiger partial charge in [-0.2, -0.15) is 0 Å². The van der Waals surface area contributed by atoms with E-state index in [1.54, 1.807) is 18.3 Å². The molecule has 0 unspecified atom stereocenters. The Hall–Kier alpha value is -2.82. The maximum absolute atomic E-state index is 13.0. The fraction of sp³-hybridized carbons (Fsp3) is 0.118. The van der Waals surface area contributed by atoms with Gasteiger partial charge in [0.2, 0.25) is 0 Å². The monoisotopic (exact) mass is 296 g/mol. The van der Waals surface area contributed by atoms with Crippen molar-refractivity contribution in [2.24, 2.45) is 0 Å². The van der Waals surface area contributed by atoms with Crippen LogP contribution in [0.3, 0.4) is 0 Å². The molecule has 0 N–H and O–H groups in total. The summed E-state index contributed by atoms with van der Waals surface area (Å²) in [6, 6.07) is 11.5. The van der Waals surface area contributed by atoms with Gasteiger partial charge in [-0.25, -0.2) is 14.4 Å². The number of esters is 1. The van der Waals surface area contributed by atoms with Gasteiger partial charge in [0.1, 0.15) is 5.82 Å². The van der Waals surface area contributed by atoms with Crippen molar-refractivity contribution in [2.45, 2.75) is 6.42 Å². The minimum Gasteiger partial charge on any atom is -0.469 e. The van der Waals surface area contributed by atoms with Crippen molar-refractivity contribution < 1.29 is 13.9 Å². The van der Waals surface area contributed by atoms with E-state index < -0.39 is 0 Å². The average Bonchev–Trinajstić information content (AvgIpc) is 2.55. The van der Waals surface area contributed by atoms with Crippen molar-refractivity contribution in [3.05, 3.63) is 60.0 Å². The van der Waals surface area contributed by atoms with Crippen LogP contribution in [0, 0.1) is 5.82 Å². The lowest BCUT2D eigenvalue weighted by molar-refractivity contribution is -0.139. The zero-order valence-electron chi connectivity index (χ0n) is 11.9. The Kier molecular flexibility index (Phi) is 3.78. The second-order valence-corrected chi connectivity index (χ2v) is 4.81. The number of hydrogen-bond donors (Lipinski definition) is 0. The number of ether oxygens (including phenoxy) is 1. The second kappa shape index (κ2) is 5.89. The number of fused-ring (bicyclic) bond motifs is 1. The molecule has 0 aliphatic rings. The Morgan fingerprint density at radius 3 is 2.68 bits per heavy atom. The number of carbonyl (C=O) groups excluding carboxylic acids is 1. The summed E-state index contributed by atoms with van der Waals surface area (Å²) in [7, 11) is 1.35. The van der Waals surface area contributed by atoms with Gasteiger partial charge in [-0.05, 0) is 29.8 Å². The first-order chi connectivity index (χ1) is 10.7. The molecule has 3 rings (SSSR count). The van der Waals surface area contributed by atoms with Gasteiger partial charge in [0.25, 0.3) is 0 Å². The molecule has 0 amide bonds. The van der Waals surface area contributed by atoms with Crippen LogP contribution in [0.4, 0.5) is 4.39 Å². The van der Waals surface area contributed by atoms with Gasteiger partial charge in [0, 0.05) is 17.1 Å². The molecule has 0 atom stereocenters. The van der Waals surface area contributed by atoms with Crippen molar-refractivity contribution in [3.8, 4) is 11.4 Å². The lowest BCUT2D eigenvalue weighted by atomic mass is 10.1. The topological polar surface area (TPSA) is 52.1 Å². The molecule has 110 valence electrons. The molecule has 0 saturated heterocycles. The number of hydrogen-bond acceptors (Lipinski definition) is 4. The summed E-state index contributed by atoms with van der Waals surface area (Å²) >= 11 is 0. The highest BCUT2D eigenvalue weighted by Gasteiger charge is 2.10. The lowest BCUT2D eigenvalue weighted by Crippen LogP contribution is -2.05. The summed E-state index contributed by atoms with van der Waals surface area (Å²) in [6.45, 7) is 0. The van der Waals surface area contributed by atoms with Gasteiger partial charge >= 0.3 is 5.97 Å². The molecule has 0 aliphatic carbocycles. The van der Waals surface area contributed by atoms with Gasteiger partial charge in [-0.1, -0.05) is 18.2 Å². The van der Waals surface area contributed by atoms with Crippen LogP contribution < -0.4 is 0 Å². The summed E-state index contributed by atoms with van der Waals surface area (Å²) in [5, 5.41) is 0.840. The van der Waals surface area contributed by atoms with Crippen molar-refractivity contribution in [2.75, 3.05) is 7.11 Å². The van der Waals surface area contributed by atoms with Crippen molar-refractivity contribution in [3.63, 3.8) is 0 Å². The van der Waals surface area contributed by atoms with E-state index in [1.807, 2.05) is 18.2 Å². The molecule has 1 aromatic heterocycles. The third kappa shape index (κ3) is 2.79. The van der Waals surface area contributed by atoms with Gasteiger partial charge in [0.15, 0.2) is 5.82 Å². The highest BCUT2D eigenvalue weighted by molar-refractivity contribution is 5.86. The van der Waals surface area contributed by atoms with E-state index in [2.05, 4.69) is 9.97 Å². The summed E-state index contributed by atoms with van der Waals surface area (Å²) in [6.07, 6.45) is 1.84. The van der Waals surface area contributed by atoms with Gasteiger partial charge in [0.05, 0.1) is 19.0 Å². The Morgan fingerprint density at radius 2 is 1.95 bits per heavy atom. The Bertz CT molecular complexity index is 832. The van der Waals surface area contributed by atoms with Crippen LogP contribution in [0.15, 0.2) is 48.7 Å². The second-order valence-electron chi connectivity index (χ2n) is 4.81. The summed E-state index contributed by atoms with van der Waals surface area (Å²) in [4.78, 5) is 20.3. The van der Waals surface area contributed by atoms with E-state index in [4.69, 9.17) is 4.74 Å². The average molecular weight is 296 g/mol. The predicted octanol–water partition coefficient (Wildman–Crippen LogP) is 3.15. The molecule has 0 spiro atoms. The van der Waals surface area contributed by atoms with E-state index in [1.165, 1.54) is 19.2 Å². The number of nitrogens with zero attached hydrogens (tertiary/aromatic N) is 2. The van der Waals surface area contributed by atoms with Crippen LogP contribution >= 0.6 is 0 Å². The summed E-state index contributed by atoms with van der Waals surface area (Å²) in [5.74, 6) is -0.143. The molecule has 22 heavy (non-hydrogen) atoms. The number of carbonyl (C=O) groups is 1. The van der Waals surface area contributed by atoms with Gasteiger partial charge in [-0.3, -0.25) is 4.79 Å². The number of aromatic nitrogens is 2. The predicted molar refractivity (Wildman–Crippen MR) is 80.7 cm³/mol. The van der Waals surface area contributed by atoms with Crippen LogP contribution in [0.5, 0.6) is 0 Å². The minimum atomic E-state index is -0.325. The zero-order chi connectivity index (χ0) is 15.5. The molecule has 5 heteroatoms. The van der Waals surface area contributed by atoms with E-state index in [9.17, 15) is 9.18 Å². The quantitative estimate of drug-likeness (QED) is 0.697. The third-order valence-corrected chi connectivity index (χ3v) is 3.36. The SMILES string of the molecule is COC(=O)Cc1cccc2cnc(-c3ccc(F)cc3)nc12. The van der Waals surface area contributed by atoms with Gasteiger partial charge in [-0.15, -0.1) is 0 Å². The molecule has 0 radical (unpaired) electrons. The zero-order valence-corrected chi connectivity index (χ0v) is 11.9. The number of halogens is 1. The van der Waals surface area contributed by atoms with E-state index in [0.717, 1.165) is 16.5 Å². The summed E-state index contributed by atoms with van der Waals surface area (Å²) < 4.78 is 17.7. The van der Waals surface area contributed by atoms with Crippen molar-refractivity contribution in [1.29, 1.82) is 0 Å². The molecular formula is C17H13FN2O2. The van der Waals surface area contributed by atoms with Gasteiger partial charge < -0.3 is 4.74 Å². The van der Waals surface area contributed by atoms with E-state index in [0.29, 0.717) is 11.3 Å². The van der Waals surface area contributed by atoms with Crippen molar-refractivity contribution in [1.82, 2.24) is 9.97 Å². The maximum Gasteiger partial charge on any atom is 0.310 e. The molecule has 0 aliphatic heterocycles. The molecular weight excluding hydrogens is 283 g/mol. The molecule has 0 bridgehead atoms. The molecule has 0 saturated carbocycles. The normalized spacial score (nSPS) is 10.6. The van der Waals surface area contributed by atoms with E-state index >= 15 is 0 Å². The number of rotatable bonds is 3. The maximum atomic E-state index is 13.0. The van der Waals surface area contributed by atoms with Crippen molar-refractivity contribution >= 4 is 16.9 Å². The highest BCUT2D eigenvalue weighted by atomic mass is 19.1. The van der Waals surface area contributed by atoms with Crippen LogP contribution in [0.2, 0.25) is 0 Å². The molecule has 4 nitrogen and oxygen atoms in total. The fourth-order valence-corrected chi connectivity index (χ4v) is 2.23. The smallest absolute Gasteiger partial charge is 0.310 e. The Morgan fingerprint density at radius 1 is 1.18 bits per heavy atom. The molecule has 1 heterocycles. The van der Waals surface area contributed by atoms with Crippen LogP contribution in [0.1, 0.15) is 5.56 Å². The van der Waals surface area contributed by atoms with Crippen LogP contribution in [-0.4, -0.2) is 23.0 Å². The fourth-order valence-electron chi connectivity index (χ4n) is 2.23. The summed E-state index contributed by atoms with van der Waals surface area (Å²) in [5.41, 5.74) is 2.19. The van der Waals surface area contributed by atoms with Crippen LogP contribution in [0.25, 0.3) is 22.3 Å². The van der Waals surface area contributed by atoms with E-state index in [-0.39, 0.29) is 18.2 Å². The highest BCUT2D eigenvalue weighted by Crippen LogP contribution is 2.21. The number of methoxy groups -OCH3 is 1. The first kappa shape index (κ1) is 14.1. The first-order valence-electron chi connectivity index (χ1n) is 6.75. The first-order valence-corrected chi connectivity index (χ1v) is 6.75. The molecule has 3 aromatic rings. The lowest BCUT2D eigenvalue weighted by Gasteiger charge is -2.07. The largest absolute Gasteiger partial charge is 0.469 e. The molecule has 0 fully saturated rings. The van der Waals surface area contributed by atoms with Crippen LogP contribution in [-0.2, 0) is 16.0 Å². The Balaban J connectivity index is 2.09. The number of benzene rings is 2. The third-order valence-electron chi connectivity index (χ3n) is 3.36. The Labute approximate surface area is 126 Å². The standard InChI is InChI=1S/C17H13FN2O2/c1-22-15(21)9-12-3-2-4-13-10-19-17(20-16(12)13)11-5-7-14(18)8-6-11/h2-8,10H,9H2,1H3. The number of para-hydroxylation sites is 1. The molecule has 2 aromatic carbocycles.